The molecule has 1 N–H and O–H groups in total. The Morgan fingerprint density at radius 1 is 1.29 bits per heavy atom. The molecule has 1 atom stereocenters. The normalized spacial score (nSPS) is 13.0. The van der Waals surface area contributed by atoms with Gasteiger partial charge in [-0.3, -0.25) is 13.9 Å². The number of hydrogen-bond acceptors (Lipinski definition) is 4. The fraction of sp³-hybridized carbons (Fsp3) is 0.643. The average molecular weight is 294 g/mol. The van der Waals surface area contributed by atoms with Crippen molar-refractivity contribution in [3.8, 4) is 0 Å². The number of aliphatic hydroxyl groups excluding tert-OH is 1. The van der Waals surface area contributed by atoms with Gasteiger partial charge in [-0.2, -0.15) is 0 Å². The number of aliphatic hydroxyl groups is 1. The molecule has 0 fully saturated rings. The number of aryl methyl sites for hydroxylation is 2. The van der Waals surface area contributed by atoms with E-state index < -0.39 is 0 Å². The highest BCUT2D eigenvalue weighted by Crippen LogP contribution is 2.06. The number of hydrogen-bond donors (Lipinski definition) is 1. The summed E-state index contributed by atoms with van der Waals surface area (Å²) in [6.07, 6.45) is 4.13. The van der Waals surface area contributed by atoms with Crippen LogP contribution >= 0.6 is 0 Å². The molecule has 0 aliphatic rings. The van der Waals surface area contributed by atoms with Crippen molar-refractivity contribution in [2.24, 2.45) is 14.1 Å². The van der Waals surface area contributed by atoms with Crippen LogP contribution in [0, 0.1) is 0 Å². The minimum Gasteiger partial charge on any atom is -0.393 e. The minimum atomic E-state index is -0.345. The molecule has 0 radical (unpaired) electrons. The van der Waals surface area contributed by atoms with Crippen LogP contribution in [0.2, 0.25) is 0 Å². The maximum atomic E-state index is 12.4. The molecule has 0 aliphatic heterocycles. The largest absolute Gasteiger partial charge is 0.393 e. The van der Waals surface area contributed by atoms with Crippen molar-refractivity contribution in [3.05, 3.63) is 27.2 Å². The van der Waals surface area contributed by atoms with E-state index in [4.69, 9.17) is 0 Å². The van der Waals surface area contributed by atoms with Gasteiger partial charge >= 0.3 is 5.69 Å². The lowest BCUT2D eigenvalue weighted by molar-refractivity contribution is 0.156. The predicted molar refractivity (Wildman–Crippen MR) is 80.4 cm³/mol. The Morgan fingerprint density at radius 2 is 2.00 bits per heavy atom. The second kappa shape index (κ2) is 6.26. The van der Waals surface area contributed by atoms with Crippen molar-refractivity contribution in [1.82, 2.24) is 18.7 Å². The zero-order valence-corrected chi connectivity index (χ0v) is 12.7. The average Bonchev–Trinajstić information content (AvgIpc) is 2.86. The van der Waals surface area contributed by atoms with Crippen LogP contribution in [0.5, 0.6) is 0 Å². The van der Waals surface area contributed by atoms with Crippen LogP contribution in [0.4, 0.5) is 0 Å². The van der Waals surface area contributed by atoms with Gasteiger partial charge in [0, 0.05) is 20.6 Å². The number of imidazole rings is 1. The third kappa shape index (κ3) is 2.92. The fourth-order valence-electron chi connectivity index (χ4n) is 2.45. The van der Waals surface area contributed by atoms with Gasteiger partial charge in [0.1, 0.15) is 0 Å². The molecule has 0 saturated carbocycles. The lowest BCUT2D eigenvalue weighted by atomic mass is 10.1. The van der Waals surface area contributed by atoms with Crippen molar-refractivity contribution >= 4 is 11.2 Å². The van der Waals surface area contributed by atoms with Gasteiger partial charge in [-0.15, -0.1) is 0 Å². The first kappa shape index (κ1) is 15.5. The predicted octanol–water partition coefficient (Wildman–Crippen LogP) is 0.375. The van der Waals surface area contributed by atoms with Gasteiger partial charge in [0.05, 0.1) is 12.4 Å². The van der Waals surface area contributed by atoms with Crippen molar-refractivity contribution < 1.29 is 5.11 Å². The van der Waals surface area contributed by atoms with E-state index in [-0.39, 0.29) is 17.4 Å². The van der Waals surface area contributed by atoms with E-state index in [0.29, 0.717) is 30.6 Å². The van der Waals surface area contributed by atoms with Gasteiger partial charge in [0.25, 0.3) is 5.56 Å². The molecular formula is C14H22N4O3. The van der Waals surface area contributed by atoms with Crippen molar-refractivity contribution in [3.63, 3.8) is 0 Å². The highest BCUT2D eigenvalue weighted by Gasteiger charge is 2.14. The van der Waals surface area contributed by atoms with Crippen LogP contribution in [0.15, 0.2) is 15.9 Å². The first-order chi connectivity index (χ1) is 9.97. The Bertz CT molecular complexity index is 741. The molecule has 2 rings (SSSR count). The molecule has 21 heavy (non-hydrogen) atoms. The summed E-state index contributed by atoms with van der Waals surface area (Å²) in [6.45, 7) is 2.30. The Kier molecular flexibility index (Phi) is 4.62. The van der Waals surface area contributed by atoms with Gasteiger partial charge < -0.3 is 9.67 Å². The number of unbranched alkanes of at least 4 members (excludes halogenated alkanes) is 1. The molecule has 0 saturated heterocycles. The van der Waals surface area contributed by atoms with E-state index in [9.17, 15) is 14.7 Å². The molecular weight excluding hydrogens is 272 g/mol. The molecule has 2 aromatic heterocycles. The second-order valence-corrected chi connectivity index (χ2v) is 5.38. The first-order valence-corrected chi connectivity index (χ1v) is 7.26. The standard InChI is InChI=1S/C14H22N4O3/c1-4-10(19)7-5-6-8-18-13(20)11-12(15-9-16(11)2)17(3)14(18)21/h9-10,19H,4-8H2,1-3H3/t10-/m1/s1. The van der Waals surface area contributed by atoms with E-state index in [2.05, 4.69) is 4.98 Å². The molecule has 7 heteroatoms. The van der Waals surface area contributed by atoms with Gasteiger partial charge in [0.2, 0.25) is 0 Å². The SMILES string of the molecule is CC[C@@H](O)CCCCn1c(=O)c2c(ncn2C)n(C)c1=O. The molecule has 2 aromatic rings. The highest BCUT2D eigenvalue weighted by atomic mass is 16.3. The summed E-state index contributed by atoms with van der Waals surface area (Å²) in [4.78, 5) is 28.7. The number of aromatic nitrogens is 4. The summed E-state index contributed by atoms with van der Waals surface area (Å²) < 4.78 is 4.29. The quantitative estimate of drug-likeness (QED) is 0.781. The van der Waals surface area contributed by atoms with Gasteiger partial charge in [-0.1, -0.05) is 6.92 Å². The molecule has 0 unspecified atom stereocenters. The third-order valence-electron chi connectivity index (χ3n) is 3.84. The Labute approximate surface area is 122 Å². The lowest BCUT2D eigenvalue weighted by Gasteiger charge is -2.10. The van der Waals surface area contributed by atoms with Crippen LogP contribution in [0.25, 0.3) is 11.2 Å². The topological polar surface area (TPSA) is 82.1 Å². The lowest BCUT2D eigenvalue weighted by Crippen LogP contribution is -2.39. The van der Waals surface area contributed by atoms with Gasteiger partial charge in [-0.25, -0.2) is 9.78 Å². The van der Waals surface area contributed by atoms with Crippen LogP contribution in [-0.2, 0) is 20.6 Å². The third-order valence-corrected chi connectivity index (χ3v) is 3.84. The van der Waals surface area contributed by atoms with E-state index in [1.54, 1.807) is 18.7 Å². The molecule has 0 aromatic carbocycles. The summed E-state index contributed by atoms with van der Waals surface area (Å²) in [7, 11) is 3.36. The highest BCUT2D eigenvalue weighted by molar-refractivity contribution is 5.69. The zero-order chi connectivity index (χ0) is 15.6. The minimum absolute atomic E-state index is 0.302. The van der Waals surface area contributed by atoms with E-state index >= 15 is 0 Å². The smallest absolute Gasteiger partial charge is 0.332 e. The van der Waals surface area contributed by atoms with Gasteiger partial charge in [0.15, 0.2) is 11.2 Å². The van der Waals surface area contributed by atoms with Crippen LogP contribution in [0.3, 0.4) is 0 Å². The summed E-state index contributed by atoms with van der Waals surface area (Å²) in [5.41, 5.74) is 0.197. The van der Waals surface area contributed by atoms with Crippen LogP contribution in [-0.4, -0.2) is 29.9 Å². The summed E-state index contributed by atoms with van der Waals surface area (Å²) >= 11 is 0. The molecule has 0 bridgehead atoms. The molecule has 2 heterocycles. The maximum absolute atomic E-state index is 12.4. The number of nitrogens with zero attached hydrogens (tertiary/aromatic N) is 4. The molecule has 0 aliphatic carbocycles. The summed E-state index contributed by atoms with van der Waals surface area (Å²) in [5, 5.41) is 9.51. The van der Waals surface area contributed by atoms with E-state index in [1.165, 1.54) is 15.5 Å². The van der Waals surface area contributed by atoms with E-state index in [0.717, 1.165) is 12.8 Å². The maximum Gasteiger partial charge on any atom is 0.332 e. The Morgan fingerprint density at radius 3 is 2.67 bits per heavy atom. The van der Waals surface area contributed by atoms with Crippen LogP contribution < -0.4 is 11.2 Å². The first-order valence-electron chi connectivity index (χ1n) is 7.26. The molecule has 7 nitrogen and oxygen atoms in total. The Hall–Kier alpha value is -1.89. The Balaban J connectivity index is 2.26. The summed E-state index contributed by atoms with van der Waals surface area (Å²) in [5.74, 6) is 0. The molecule has 0 amide bonds. The van der Waals surface area contributed by atoms with Crippen LogP contribution in [0.1, 0.15) is 32.6 Å². The van der Waals surface area contributed by atoms with Crippen molar-refractivity contribution in [2.45, 2.75) is 45.3 Å². The zero-order valence-electron chi connectivity index (χ0n) is 12.7. The second-order valence-electron chi connectivity index (χ2n) is 5.38. The van der Waals surface area contributed by atoms with E-state index in [1.807, 2.05) is 6.92 Å². The monoisotopic (exact) mass is 294 g/mol. The number of rotatable bonds is 6. The van der Waals surface area contributed by atoms with Gasteiger partial charge in [-0.05, 0) is 25.7 Å². The molecule has 116 valence electrons. The summed E-state index contributed by atoms with van der Waals surface area (Å²) in [6, 6.07) is 0. The fourth-order valence-corrected chi connectivity index (χ4v) is 2.45. The van der Waals surface area contributed by atoms with Crippen molar-refractivity contribution in [2.75, 3.05) is 0 Å². The van der Waals surface area contributed by atoms with Crippen molar-refractivity contribution in [1.29, 1.82) is 0 Å². The molecule has 0 spiro atoms. The number of fused-ring (bicyclic) bond motifs is 1.